The fourth-order valence-corrected chi connectivity index (χ4v) is 1.83. The molecular formula is C11H14ClN5. The lowest BCUT2D eigenvalue weighted by atomic mass is 10.3. The fraction of sp³-hybridized carbons (Fsp3) is 0.364. The van der Waals surface area contributed by atoms with E-state index in [1.165, 1.54) is 0 Å². The van der Waals surface area contributed by atoms with E-state index in [0.717, 1.165) is 23.5 Å². The molecule has 90 valence electrons. The summed E-state index contributed by atoms with van der Waals surface area (Å²) >= 11 is 5.80. The van der Waals surface area contributed by atoms with Crippen molar-refractivity contribution in [3.8, 4) is 0 Å². The lowest BCUT2D eigenvalue weighted by molar-refractivity contribution is 0.766. The van der Waals surface area contributed by atoms with Crippen molar-refractivity contribution in [2.24, 2.45) is 7.05 Å². The second-order valence-electron chi connectivity index (χ2n) is 4.02. The number of aromatic nitrogens is 4. The van der Waals surface area contributed by atoms with Gasteiger partial charge in [0.15, 0.2) is 0 Å². The highest BCUT2D eigenvalue weighted by Crippen LogP contribution is 2.18. The molecule has 6 heteroatoms. The largest absolute Gasteiger partial charge is 0.355 e. The van der Waals surface area contributed by atoms with E-state index in [1.54, 1.807) is 10.9 Å². The number of aryl methyl sites for hydroxylation is 2. The fourth-order valence-electron chi connectivity index (χ4n) is 1.70. The highest BCUT2D eigenvalue weighted by molar-refractivity contribution is 6.28. The number of hydrogen-bond donors (Lipinski definition) is 0. The van der Waals surface area contributed by atoms with Gasteiger partial charge in [-0.2, -0.15) is 5.10 Å². The molecule has 0 aliphatic heterocycles. The van der Waals surface area contributed by atoms with Crippen LogP contribution in [0.3, 0.4) is 0 Å². The zero-order valence-corrected chi connectivity index (χ0v) is 10.8. The predicted octanol–water partition coefficient (Wildman–Crippen LogP) is 1.81. The molecule has 2 aromatic rings. The van der Waals surface area contributed by atoms with Crippen LogP contribution in [-0.4, -0.2) is 26.8 Å². The third-order valence-corrected chi connectivity index (χ3v) is 2.64. The summed E-state index contributed by atoms with van der Waals surface area (Å²) in [5.74, 6) is 0.842. The molecule has 0 saturated carbocycles. The minimum atomic E-state index is 0.267. The number of nitrogens with zero attached hydrogens (tertiary/aromatic N) is 5. The number of halogens is 1. The molecule has 0 aliphatic carbocycles. The van der Waals surface area contributed by atoms with Gasteiger partial charge in [-0.15, -0.1) is 0 Å². The average molecular weight is 252 g/mol. The van der Waals surface area contributed by atoms with Crippen molar-refractivity contribution < 1.29 is 0 Å². The second-order valence-corrected chi connectivity index (χ2v) is 4.36. The van der Waals surface area contributed by atoms with Gasteiger partial charge in [-0.05, 0) is 18.5 Å². The summed E-state index contributed by atoms with van der Waals surface area (Å²) in [5.41, 5.74) is 2.13. The van der Waals surface area contributed by atoms with Gasteiger partial charge in [-0.3, -0.25) is 4.68 Å². The van der Waals surface area contributed by atoms with Crippen molar-refractivity contribution in [3.05, 3.63) is 35.0 Å². The Hall–Kier alpha value is -1.62. The van der Waals surface area contributed by atoms with Crippen LogP contribution in [0, 0.1) is 6.92 Å². The minimum absolute atomic E-state index is 0.267. The molecule has 2 aromatic heterocycles. The van der Waals surface area contributed by atoms with Crippen LogP contribution in [0.1, 0.15) is 11.1 Å². The van der Waals surface area contributed by atoms with Gasteiger partial charge in [0, 0.05) is 44.2 Å². The Balaban J connectivity index is 2.19. The average Bonchev–Trinajstić information content (AvgIpc) is 2.67. The Bertz CT molecular complexity index is 522. The van der Waals surface area contributed by atoms with Gasteiger partial charge in [0.2, 0.25) is 5.28 Å². The zero-order chi connectivity index (χ0) is 12.4. The first-order chi connectivity index (χ1) is 8.06. The quantitative estimate of drug-likeness (QED) is 0.781. The second kappa shape index (κ2) is 4.71. The van der Waals surface area contributed by atoms with Gasteiger partial charge in [0.1, 0.15) is 5.82 Å². The summed E-state index contributed by atoms with van der Waals surface area (Å²) < 4.78 is 1.78. The van der Waals surface area contributed by atoms with Gasteiger partial charge in [0.05, 0.1) is 6.20 Å². The third kappa shape index (κ3) is 2.74. The van der Waals surface area contributed by atoms with Crippen molar-refractivity contribution >= 4 is 17.4 Å². The van der Waals surface area contributed by atoms with Crippen molar-refractivity contribution in [2.45, 2.75) is 13.5 Å². The maximum atomic E-state index is 5.80. The molecule has 17 heavy (non-hydrogen) atoms. The zero-order valence-electron chi connectivity index (χ0n) is 10.1. The Morgan fingerprint density at radius 1 is 1.41 bits per heavy atom. The van der Waals surface area contributed by atoms with E-state index in [4.69, 9.17) is 11.6 Å². The standard InChI is InChI=1S/C11H14ClN5/c1-8-4-13-11(12)15-10(8)16(2)6-9-5-14-17(3)7-9/h4-5,7H,6H2,1-3H3. The molecule has 0 saturated heterocycles. The first-order valence-electron chi connectivity index (χ1n) is 5.24. The topological polar surface area (TPSA) is 46.8 Å². The van der Waals surface area contributed by atoms with Crippen LogP contribution >= 0.6 is 11.6 Å². The molecule has 0 N–H and O–H groups in total. The molecule has 0 fully saturated rings. The molecule has 5 nitrogen and oxygen atoms in total. The van der Waals surface area contributed by atoms with Crippen LogP contribution in [-0.2, 0) is 13.6 Å². The van der Waals surface area contributed by atoms with Gasteiger partial charge in [-0.25, -0.2) is 9.97 Å². The van der Waals surface area contributed by atoms with Crippen LogP contribution in [0.2, 0.25) is 5.28 Å². The summed E-state index contributed by atoms with van der Waals surface area (Å²) in [6, 6.07) is 0. The molecule has 0 amide bonds. The van der Waals surface area contributed by atoms with Gasteiger partial charge < -0.3 is 4.90 Å². The van der Waals surface area contributed by atoms with Crippen molar-refractivity contribution in [2.75, 3.05) is 11.9 Å². The van der Waals surface area contributed by atoms with E-state index in [-0.39, 0.29) is 5.28 Å². The minimum Gasteiger partial charge on any atom is -0.355 e. The highest BCUT2D eigenvalue weighted by Gasteiger charge is 2.09. The molecular weight excluding hydrogens is 238 g/mol. The van der Waals surface area contributed by atoms with E-state index in [2.05, 4.69) is 15.1 Å². The number of hydrogen-bond acceptors (Lipinski definition) is 4. The van der Waals surface area contributed by atoms with Gasteiger partial charge >= 0.3 is 0 Å². The van der Waals surface area contributed by atoms with Gasteiger partial charge in [0.25, 0.3) is 0 Å². The summed E-state index contributed by atoms with van der Waals surface area (Å²) in [5, 5.41) is 4.40. The van der Waals surface area contributed by atoms with Crippen molar-refractivity contribution in [1.82, 2.24) is 19.7 Å². The lowest BCUT2D eigenvalue weighted by Crippen LogP contribution is -2.18. The molecule has 0 aromatic carbocycles. The monoisotopic (exact) mass is 251 g/mol. The molecule has 0 radical (unpaired) electrons. The smallest absolute Gasteiger partial charge is 0.224 e. The summed E-state index contributed by atoms with van der Waals surface area (Å²) in [6.07, 6.45) is 5.55. The number of anilines is 1. The molecule has 2 rings (SSSR count). The van der Waals surface area contributed by atoms with E-state index in [0.29, 0.717) is 0 Å². The summed E-state index contributed by atoms with van der Waals surface area (Å²) in [4.78, 5) is 10.2. The maximum absolute atomic E-state index is 5.80. The van der Waals surface area contributed by atoms with Crippen LogP contribution < -0.4 is 4.90 Å². The Morgan fingerprint density at radius 2 is 2.18 bits per heavy atom. The van der Waals surface area contributed by atoms with Crippen molar-refractivity contribution in [1.29, 1.82) is 0 Å². The molecule has 0 spiro atoms. The Kier molecular flexibility index (Phi) is 3.28. The summed E-state index contributed by atoms with van der Waals surface area (Å²) in [6.45, 7) is 2.70. The van der Waals surface area contributed by atoms with Crippen LogP contribution in [0.15, 0.2) is 18.6 Å². The molecule has 0 aliphatic rings. The van der Waals surface area contributed by atoms with E-state index >= 15 is 0 Å². The van der Waals surface area contributed by atoms with Crippen LogP contribution in [0.5, 0.6) is 0 Å². The third-order valence-electron chi connectivity index (χ3n) is 2.46. The predicted molar refractivity (Wildman–Crippen MR) is 67.1 cm³/mol. The Labute approximate surface area is 105 Å². The van der Waals surface area contributed by atoms with Crippen LogP contribution in [0.4, 0.5) is 5.82 Å². The Morgan fingerprint density at radius 3 is 2.82 bits per heavy atom. The van der Waals surface area contributed by atoms with Crippen molar-refractivity contribution in [3.63, 3.8) is 0 Å². The molecule has 0 bridgehead atoms. The molecule has 0 atom stereocenters. The maximum Gasteiger partial charge on any atom is 0.224 e. The van der Waals surface area contributed by atoms with Gasteiger partial charge in [-0.1, -0.05) is 0 Å². The summed E-state index contributed by atoms with van der Waals surface area (Å²) in [7, 11) is 3.87. The normalized spacial score (nSPS) is 10.6. The van der Waals surface area contributed by atoms with E-state index in [9.17, 15) is 0 Å². The first kappa shape index (κ1) is 11.9. The highest BCUT2D eigenvalue weighted by atomic mass is 35.5. The van der Waals surface area contributed by atoms with E-state index in [1.807, 2.05) is 38.3 Å². The van der Waals surface area contributed by atoms with Crippen LogP contribution in [0.25, 0.3) is 0 Å². The number of rotatable bonds is 3. The first-order valence-corrected chi connectivity index (χ1v) is 5.62. The van der Waals surface area contributed by atoms with E-state index < -0.39 is 0 Å². The lowest BCUT2D eigenvalue weighted by Gasteiger charge is -2.18. The SMILES string of the molecule is Cc1cnc(Cl)nc1N(C)Cc1cnn(C)c1. The molecule has 0 unspecified atom stereocenters. The molecule has 2 heterocycles.